The Bertz CT molecular complexity index is 435. The van der Waals surface area contributed by atoms with Gasteiger partial charge in [0.2, 0.25) is 0 Å². The van der Waals surface area contributed by atoms with Crippen LogP contribution in [0.4, 0.5) is 18.9 Å². The minimum atomic E-state index is -4.28. The van der Waals surface area contributed by atoms with Gasteiger partial charge in [-0.25, -0.2) is 0 Å². The fourth-order valence-corrected chi connectivity index (χ4v) is 1.38. The van der Waals surface area contributed by atoms with Crippen molar-refractivity contribution in [1.82, 2.24) is 0 Å². The molecule has 0 aliphatic carbocycles. The van der Waals surface area contributed by atoms with Crippen LogP contribution in [-0.4, -0.2) is 31.9 Å². The molecule has 0 aliphatic rings. The molecule has 0 spiro atoms. The van der Waals surface area contributed by atoms with Crippen LogP contribution in [0.2, 0.25) is 0 Å². The van der Waals surface area contributed by atoms with E-state index in [2.05, 4.69) is 15.0 Å². The number of alkyl halides is 3. The highest BCUT2D eigenvalue weighted by Crippen LogP contribution is 2.14. The van der Waals surface area contributed by atoms with Crippen LogP contribution in [0.1, 0.15) is 12.0 Å². The van der Waals surface area contributed by atoms with Crippen LogP contribution in [0.25, 0.3) is 0 Å². The van der Waals surface area contributed by atoms with Crippen molar-refractivity contribution >= 4 is 35.6 Å². The highest BCUT2D eigenvalue weighted by Gasteiger charge is 2.27. The van der Waals surface area contributed by atoms with Gasteiger partial charge in [-0.05, 0) is 25.5 Å². The number of hydrogen-bond donors (Lipinski definition) is 2. The van der Waals surface area contributed by atoms with Crippen molar-refractivity contribution in [2.45, 2.75) is 19.5 Å². The molecular weight excluding hydrogens is 398 g/mol. The van der Waals surface area contributed by atoms with E-state index >= 15 is 0 Å². The number of aryl methyl sites for hydroxylation is 1. The minimum Gasteiger partial charge on any atom is -0.372 e. The average molecular weight is 417 g/mol. The van der Waals surface area contributed by atoms with Crippen LogP contribution in [0.3, 0.4) is 0 Å². The second-order valence-electron chi connectivity index (χ2n) is 4.28. The van der Waals surface area contributed by atoms with E-state index in [0.717, 1.165) is 11.3 Å². The SMILES string of the molecule is Cc1ccc(NC(N)=NCCCOCC(F)(F)F)cc1.I. The van der Waals surface area contributed by atoms with Gasteiger partial charge in [0.05, 0.1) is 0 Å². The Morgan fingerprint density at radius 1 is 1.29 bits per heavy atom. The van der Waals surface area contributed by atoms with Crippen molar-refractivity contribution in [2.75, 3.05) is 25.1 Å². The van der Waals surface area contributed by atoms with Gasteiger partial charge in [-0.2, -0.15) is 13.2 Å². The lowest BCUT2D eigenvalue weighted by molar-refractivity contribution is -0.173. The zero-order valence-electron chi connectivity index (χ0n) is 11.6. The van der Waals surface area contributed by atoms with Crippen LogP contribution in [-0.2, 0) is 4.74 Å². The molecule has 3 N–H and O–H groups in total. The molecular formula is C13H19F3IN3O. The maximum atomic E-state index is 11.8. The zero-order valence-corrected chi connectivity index (χ0v) is 13.9. The van der Waals surface area contributed by atoms with Crippen molar-refractivity contribution in [1.29, 1.82) is 0 Å². The Balaban J connectivity index is 0.00000400. The Hall–Kier alpha value is -1.03. The summed E-state index contributed by atoms with van der Waals surface area (Å²) in [6.45, 7) is 1.05. The number of nitrogens with one attached hydrogen (secondary N) is 1. The Kier molecular flexibility index (Phi) is 9.34. The van der Waals surface area contributed by atoms with E-state index in [1.54, 1.807) is 0 Å². The molecule has 4 nitrogen and oxygen atoms in total. The smallest absolute Gasteiger partial charge is 0.372 e. The predicted octanol–water partition coefficient (Wildman–Crippen LogP) is 3.31. The van der Waals surface area contributed by atoms with E-state index in [-0.39, 0.29) is 36.5 Å². The van der Waals surface area contributed by atoms with E-state index in [0.29, 0.717) is 13.0 Å². The third-order valence-corrected chi connectivity index (χ3v) is 2.32. The molecule has 1 aromatic carbocycles. The van der Waals surface area contributed by atoms with Crippen LogP contribution in [0, 0.1) is 6.92 Å². The van der Waals surface area contributed by atoms with Gasteiger partial charge in [-0.1, -0.05) is 17.7 Å². The molecule has 0 amide bonds. The van der Waals surface area contributed by atoms with Gasteiger partial charge in [0.15, 0.2) is 5.96 Å². The lowest BCUT2D eigenvalue weighted by Gasteiger charge is -2.07. The maximum Gasteiger partial charge on any atom is 0.411 e. The third-order valence-electron chi connectivity index (χ3n) is 2.32. The fraction of sp³-hybridized carbons (Fsp3) is 0.462. The van der Waals surface area contributed by atoms with Crippen molar-refractivity contribution < 1.29 is 17.9 Å². The first-order chi connectivity index (χ1) is 9.37. The van der Waals surface area contributed by atoms with Gasteiger partial charge in [0.1, 0.15) is 6.61 Å². The second-order valence-corrected chi connectivity index (χ2v) is 4.28. The van der Waals surface area contributed by atoms with Gasteiger partial charge in [-0.15, -0.1) is 24.0 Å². The Labute approximate surface area is 139 Å². The van der Waals surface area contributed by atoms with Gasteiger partial charge in [0, 0.05) is 18.8 Å². The molecule has 0 saturated carbocycles. The minimum absolute atomic E-state index is 0. The third kappa shape index (κ3) is 10.4. The molecule has 0 bridgehead atoms. The first kappa shape index (κ1) is 20.0. The quantitative estimate of drug-likeness (QED) is 0.323. The van der Waals surface area contributed by atoms with Gasteiger partial charge >= 0.3 is 6.18 Å². The fourth-order valence-electron chi connectivity index (χ4n) is 1.38. The van der Waals surface area contributed by atoms with Gasteiger partial charge in [-0.3, -0.25) is 4.99 Å². The van der Waals surface area contributed by atoms with Crippen molar-refractivity contribution in [3.05, 3.63) is 29.8 Å². The lowest BCUT2D eigenvalue weighted by Crippen LogP contribution is -2.23. The zero-order chi connectivity index (χ0) is 15.0. The Morgan fingerprint density at radius 2 is 1.90 bits per heavy atom. The normalized spacial score (nSPS) is 11.9. The number of benzene rings is 1. The number of rotatable bonds is 6. The summed E-state index contributed by atoms with van der Waals surface area (Å²) in [5.74, 6) is 0.227. The predicted molar refractivity (Wildman–Crippen MR) is 88.2 cm³/mol. The summed E-state index contributed by atoms with van der Waals surface area (Å²) >= 11 is 0. The van der Waals surface area contributed by atoms with Crippen LogP contribution in [0.5, 0.6) is 0 Å². The molecule has 0 unspecified atom stereocenters. The van der Waals surface area contributed by atoms with Crippen molar-refractivity contribution in [3.8, 4) is 0 Å². The summed E-state index contributed by atoms with van der Waals surface area (Å²) in [4.78, 5) is 4.00. The second kappa shape index (κ2) is 9.82. The van der Waals surface area contributed by atoms with Crippen LogP contribution >= 0.6 is 24.0 Å². The average Bonchev–Trinajstić information content (AvgIpc) is 2.35. The molecule has 0 aromatic heterocycles. The van der Waals surface area contributed by atoms with Crippen molar-refractivity contribution in [3.63, 3.8) is 0 Å². The standard InChI is InChI=1S/C13H18F3N3O.HI/c1-10-3-5-11(6-4-10)19-12(17)18-7-2-8-20-9-13(14,15)16;/h3-6H,2,7-9H2,1H3,(H3,17,18,19);1H. The van der Waals surface area contributed by atoms with Crippen LogP contribution < -0.4 is 11.1 Å². The molecule has 1 aromatic rings. The largest absolute Gasteiger partial charge is 0.411 e. The molecule has 0 aliphatic heterocycles. The molecule has 21 heavy (non-hydrogen) atoms. The van der Waals surface area contributed by atoms with E-state index in [4.69, 9.17) is 5.73 Å². The van der Waals surface area contributed by atoms with E-state index in [1.807, 2.05) is 31.2 Å². The molecule has 120 valence electrons. The van der Waals surface area contributed by atoms with Gasteiger partial charge < -0.3 is 15.8 Å². The molecule has 0 saturated heterocycles. The maximum absolute atomic E-state index is 11.8. The number of guanidine groups is 1. The summed E-state index contributed by atoms with van der Waals surface area (Å²) < 4.78 is 39.8. The molecule has 0 heterocycles. The molecule has 1 rings (SSSR count). The highest BCUT2D eigenvalue weighted by molar-refractivity contribution is 14.0. The van der Waals surface area contributed by atoms with Crippen LogP contribution in [0.15, 0.2) is 29.3 Å². The molecule has 0 radical (unpaired) electrons. The lowest BCUT2D eigenvalue weighted by atomic mass is 10.2. The van der Waals surface area contributed by atoms with E-state index in [1.165, 1.54) is 0 Å². The summed E-state index contributed by atoms with van der Waals surface area (Å²) in [6, 6.07) is 7.59. The number of nitrogens with zero attached hydrogens (tertiary/aromatic N) is 1. The molecule has 8 heteroatoms. The highest BCUT2D eigenvalue weighted by atomic mass is 127. The van der Waals surface area contributed by atoms with E-state index < -0.39 is 12.8 Å². The number of ether oxygens (including phenoxy) is 1. The van der Waals surface area contributed by atoms with Crippen molar-refractivity contribution in [2.24, 2.45) is 10.7 Å². The van der Waals surface area contributed by atoms with Gasteiger partial charge in [0.25, 0.3) is 0 Å². The molecule has 0 atom stereocenters. The summed E-state index contributed by atoms with van der Waals surface area (Å²) in [5.41, 5.74) is 7.59. The number of hydrogen-bond acceptors (Lipinski definition) is 2. The summed E-state index contributed by atoms with van der Waals surface area (Å²) in [7, 11) is 0. The molecule has 0 fully saturated rings. The summed E-state index contributed by atoms with van der Waals surface area (Å²) in [5, 5.41) is 2.89. The first-order valence-corrected chi connectivity index (χ1v) is 6.15. The number of aliphatic imine (C=N–C) groups is 1. The topological polar surface area (TPSA) is 59.6 Å². The number of anilines is 1. The van der Waals surface area contributed by atoms with E-state index in [9.17, 15) is 13.2 Å². The Morgan fingerprint density at radius 3 is 2.48 bits per heavy atom. The monoisotopic (exact) mass is 417 g/mol. The summed E-state index contributed by atoms with van der Waals surface area (Å²) in [6.07, 6.45) is -3.90. The number of halogens is 4. The number of nitrogens with two attached hydrogens (primary N) is 1. The first-order valence-electron chi connectivity index (χ1n) is 6.15.